The van der Waals surface area contributed by atoms with Gasteiger partial charge in [-0.15, -0.1) is 0 Å². The van der Waals surface area contributed by atoms with Crippen LogP contribution in [0, 0.1) is 0 Å². The SMILES string of the molecule is C=C/N=C1/NN=C/C1=C\NCC. The smallest absolute Gasteiger partial charge is 0.156 e. The van der Waals surface area contributed by atoms with Gasteiger partial charge in [-0.05, 0) is 6.92 Å². The number of amidine groups is 1. The average molecular weight is 164 g/mol. The summed E-state index contributed by atoms with van der Waals surface area (Å²) >= 11 is 0. The Labute approximate surface area is 71.8 Å². The first kappa shape index (κ1) is 8.52. The second kappa shape index (κ2) is 4.33. The maximum absolute atomic E-state index is 3.99. The lowest BCUT2D eigenvalue weighted by Crippen LogP contribution is -2.15. The van der Waals surface area contributed by atoms with Crippen LogP contribution in [0.1, 0.15) is 6.92 Å². The highest BCUT2D eigenvalue weighted by Gasteiger charge is 2.07. The van der Waals surface area contributed by atoms with Gasteiger partial charge in [-0.2, -0.15) is 5.10 Å². The molecule has 12 heavy (non-hydrogen) atoms. The van der Waals surface area contributed by atoms with E-state index in [4.69, 9.17) is 0 Å². The number of nitrogens with zero attached hydrogens (tertiary/aromatic N) is 2. The summed E-state index contributed by atoms with van der Waals surface area (Å²) in [7, 11) is 0. The molecule has 0 aromatic rings. The standard InChI is InChI=1S/C8H12N4/c1-3-9-5-7-6-11-12-8(7)10-4-2/h4-6,9H,2-3H2,1H3,(H,10,12)/b7-5+. The molecule has 0 spiro atoms. The number of hydrazone groups is 1. The van der Waals surface area contributed by atoms with Crippen LogP contribution < -0.4 is 10.7 Å². The zero-order valence-corrected chi connectivity index (χ0v) is 7.04. The Morgan fingerprint density at radius 2 is 2.67 bits per heavy atom. The summed E-state index contributed by atoms with van der Waals surface area (Å²) in [5.74, 6) is 0.728. The molecule has 1 heterocycles. The fourth-order valence-electron chi connectivity index (χ4n) is 0.801. The van der Waals surface area contributed by atoms with Crippen molar-refractivity contribution < 1.29 is 0 Å². The zero-order valence-electron chi connectivity index (χ0n) is 7.04. The maximum atomic E-state index is 3.99. The first-order valence-corrected chi connectivity index (χ1v) is 3.80. The molecule has 1 aliphatic heterocycles. The third-order valence-corrected chi connectivity index (χ3v) is 1.33. The molecular weight excluding hydrogens is 152 g/mol. The summed E-state index contributed by atoms with van der Waals surface area (Å²) in [6.45, 7) is 6.42. The highest BCUT2D eigenvalue weighted by Crippen LogP contribution is 1.98. The summed E-state index contributed by atoms with van der Waals surface area (Å²) in [6.07, 6.45) is 5.06. The van der Waals surface area contributed by atoms with Crippen molar-refractivity contribution in [2.24, 2.45) is 10.1 Å². The lowest BCUT2D eigenvalue weighted by molar-refractivity contribution is 0.917. The van der Waals surface area contributed by atoms with E-state index in [1.807, 2.05) is 13.1 Å². The van der Waals surface area contributed by atoms with Gasteiger partial charge in [-0.25, -0.2) is 4.99 Å². The van der Waals surface area contributed by atoms with E-state index in [2.05, 4.69) is 27.4 Å². The topological polar surface area (TPSA) is 48.8 Å². The molecule has 2 N–H and O–H groups in total. The van der Waals surface area contributed by atoms with Crippen molar-refractivity contribution in [2.45, 2.75) is 6.92 Å². The van der Waals surface area contributed by atoms with Crippen molar-refractivity contribution in [1.82, 2.24) is 10.7 Å². The van der Waals surface area contributed by atoms with E-state index < -0.39 is 0 Å². The second-order valence-electron chi connectivity index (χ2n) is 2.19. The van der Waals surface area contributed by atoms with Gasteiger partial charge < -0.3 is 5.32 Å². The van der Waals surface area contributed by atoms with E-state index in [-0.39, 0.29) is 0 Å². The lowest BCUT2D eigenvalue weighted by Gasteiger charge is -1.97. The largest absolute Gasteiger partial charge is 0.391 e. The number of hydrogen-bond acceptors (Lipinski definition) is 3. The van der Waals surface area contributed by atoms with Crippen LogP contribution in [0.3, 0.4) is 0 Å². The molecular formula is C8H12N4. The van der Waals surface area contributed by atoms with Crippen molar-refractivity contribution in [1.29, 1.82) is 0 Å². The minimum absolute atomic E-state index is 0.728. The van der Waals surface area contributed by atoms with Crippen molar-refractivity contribution in [3.8, 4) is 0 Å². The van der Waals surface area contributed by atoms with Crippen molar-refractivity contribution >= 4 is 12.1 Å². The fourth-order valence-corrected chi connectivity index (χ4v) is 0.801. The van der Waals surface area contributed by atoms with Crippen LogP contribution in [0.2, 0.25) is 0 Å². The third-order valence-electron chi connectivity index (χ3n) is 1.33. The first-order valence-electron chi connectivity index (χ1n) is 3.80. The maximum Gasteiger partial charge on any atom is 0.156 e. The van der Waals surface area contributed by atoms with Gasteiger partial charge in [0.15, 0.2) is 5.84 Å². The van der Waals surface area contributed by atoms with Crippen molar-refractivity contribution in [2.75, 3.05) is 6.54 Å². The van der Waals surface area contributed by atoms with Gasteiger partial charge in [0.05, 0.1) is 11.8 Å². The Balaban J connectivity index is 2.68. The van der Waals surface area contributed by atoms with Gasteiger partial charge in [-0.3, -0.25) is 5.43 Å². The summed E-state index contributed by atoms with van der Waals surface area (Å²) < 4.78 is 0. The van der Waals surface area contributed by atoms with Crippen LogP contribution in [-0.4, -0.2) is 18.6 Å². The van der Waals surface area contributed by atoms with E-state index in [1.165, 1.54) is 6.20 Å². The average Bonchev–Trinajstić information content (AvgIpc) is 2.50. The molecule has 0 saturated carbocycles. The molecule has 0 fully saturated rings. The van der Waals surface area contributed by atoms with Crippen molar-refractivity contribution in [3.05, 3.63) is 24.6 Å². The van der Waals surface area contributed by atoms with E-state index in [1.54, 1.807) is 6.21 Å². The molecule has 0 aromatic carbocycles. The highest BCUT2D eigenvalue weighted by atomic mass is 15.3. The van der Waals surface area contributed by atoms with Gasteiger partial charge >= 0.3 is 0 Å². The highest BCUT2D eigenvalue weighted by molar-refractivity contribution is 6.18. The molecule has 0 bridgehead atoms. The predicted molar refractivity (Wildman–Crippen MR) is 51.0 cm³/mol. The molecule has 0 unspecified atom stereocenters. The van der Waals surface area contributed by atoms with Gasteiger partial charge in [0.1, 0.15) is 0 Å². The molecule has 0 amide bonds. The van der Waals surface area contributed by atoms with Crippen LogP contribution in [-0.2, 0) is 0 Å². The van der Waals surface area contributed by atoms with Gasteiger partial charge in [-0.1, -0.05) is 6.58 Å². The van der Waals surface area contributed by atoms with Crippen LogP contribution >= 0.6 is 0 Å². The van der Waals surface area contributed by atoms with Crippen molar-refractivity contribution in [3.63, 3.8) is 0 Å². The van der Waals surface area contributed by atoms with Crippen LogP contribution in [0.5, 0.6) is 0 Å². The van der Waals surface area contributed by atoms with Crippen LogP contribution in [0.4, 0.5) is 0 Å². The minimum Gasteiger partial charge on any atom is -0.391 e. The van der Waals surface area contributed by atoms with E-state index in [0.29, 0.717) is 0 Å². The summed E-state index contributed by atoms with van der Waals surface area (Å²) in [6, 6.07) is 0. The molecule has 0 atom stereocenters. The predicted octanol–water partition coefficient (Wildman–Crippen LogP) is 0.611. The Morgan fingerprint density at radius 3 is 3.33 bits per heavy atom. The third kappa shape index (κ3) is 1.95. The Kier molecular flexibility index (Phi) is 3.07. The summed E-state index contributed by atoms with van der Waals surface area (Å²) in [5, 5.41) is 6.93. The molecule has 1 aliphatic rings. The Morgan fingerprint density at radius 1 is 1.83 bits per heavy atom. The van der Waals surface area contributed by atoms with E-state index >= 15 is 0 Å². The second-order valence-corrected chi connectivity index (χ2v) is 2.19. The minimum atomic E-state index is 0.728. The molecule has 4 nitrogen and oxygen atoms in total. The van der Waals surface area contributed by atoms with Gasteiger partial charge in [0, 0.05) is 18.9 Å². The molecule has 0 saturated heterocycles. The Hall–Kier alpha value is -1.58. The fraction of sp³-hybridized carbons (Fsp3) is 0.250. The van der Waals surface area contributed by atoms with Crippen LogP contribution in [0.25, 0.3) is 0 Å². The number of hydrogen-bond donors (Lipinski definition) is 2. The Bertz CT molecular complexity index is 250. The molecule has 0 aromatic heterocycles. The molecule has 4 heteroatoms. The molecule has 0 aliphatic carbocycles. The van der Waals surface area contributed by atoms with Crippen LogP contribution in [0.15, 0.2) is 34.6 Å². The van der Waals surface area contributed by atoms with E-state index in [9.17, 15) is 0 Å². The van der Waals surface area contributed by atoms with E-state index in [0.717, 1.165) is 18.0 Å². The normalized spacial score (nSPS) is 21.4. The summed E-state index contributed by atoms with van der Waals surface area (Å²) in [5.41, 5.74) is 3.70. The number of nitrogens with one attached hydrogen (secondary N) is 2. The first-order chi connectivity index (χ1) is 5.88. The zero-order chi connectivity index (χ0) is 8.81. The monoisotopic (exact) mass is 164 g/mol. The lowest BCUT2D eigenvalue weighted by atomic mass is 10.3. The number of aliphatic imine (C=N–C) groups is 1. The molecule has 1 rings (SSSR count). The molecule has 0 radical (unpaired) electrons. The van der Waals surface area contributed by atoms with Gasteiger partial charge in [0.25, 0.3) is 0 Å². The quantitative estimate of drug-likeness (QED) is 0.642. The number of rotatable bonds is 3. The molecule has 64 valence electrons. The van der Waals surface area contributed by atoms with Gasteiger partial charge in [0.2, 0.25) is 0 Å². The summed E-state index contributed by atoms with van der Waals surface area (Å²) in [4.78, 5) is 3.99.